The van der Waals surface area contributed by atoms with Gasteiger partial charge in [0.05, 0.1) is 6.61 Å². The molecule has 10 heteroatoms. The van der Waals surface area contributed by atoms with E-state index in [0.717, 1.165) is 0 Å². The van der Waals surface area contributed by atoms with E-state index in [2.05, 4.69) is 10.6 Å². The number of alkyl carbamates (subject to hydrolysis) is 1. The number of aryl methyl sites for hydroxylation is 1. The number of hydrogen-bond acceptors (Lipinski definition) is 7. The predicted octanol–water partition coefficient (Wildman–Crippen LogP) is 2.73. The summed E-state index contributed by atoms with van der Waals surface area (Å²) in [6.45, 7) is 9.98. The largest absolute Gasteiger partial charge is 0.508 e. The van der Waals surface area contributed by atoms with Crippen molar-refractivity contribution in [3.8, 4) is 5.75 Å². The van der Waals surface area contributed by atoms with Crippen molar-refractivity contribution in [1.82, 2.24) is 15.5 Å². The molecule has 0 aliphatic rings. The number of nitrogens with zero attached hydrogens (tertiary/aromatic N) is 1. The minimum absolute atomic E-state index is 0.0660. The molecule has 1 rings (SSSR count). The zero-order valence-electron chi connectivity index (χ0n) is 21.2. The Morgan fingerprint density at radius 1 is 1.18 bits per heavy atom. The third kappa shape index (κ3) is 9.42. The van der Waals surface area contributed by atoms with Crippen molar-refractivity contribution in [2.45, 2.75) is 71.7 Å². The lowest BCUT2D eigenvalue weighted by molar-refractivity contribution is -0.143. The highest BCUT2D eigenvalue weighted by Gasteiger charge is 2.36. The molecule has 2 unspecified atom stereocenters. The Labute approximate surface area is 206 Å². The fraction of sp³-hybridized carbons (Fsp3) is 0.625. The molecule has 0 aromatic heterocycles. The molecule has 4 N–H and O–H groups in total. The van der Waals surface area contributed by atoms with E-state index < -0.39 is 35.6 Å². The van der Waals surface area contributed by atoms with E-state index in [1.165, 1.54) is 22.7 Å². The van der Waals surface area contributed by atoms with Crippen LogP contribution in [0, 0.1) is 6.92 Å². The smallest absolute Gasteiger partial charge is 0.408 e. The second-order valence-electron chi connectivity index (χ2n) is 9.35. The summed E-state index contributed by atoms with van der Waals surface area (Å²) in [6.07, 6.45) is 1.46. The van der Waals surface area contributed by atoms with Crippen LogP contribution in [0.3, 0.4) is 0 Å². The number of ether oxygens (including phenoxy) is 1. The molecule has 0 saturated carbocycles. The van der Waals surface area contributed by atoms with Crippen LogP contribution in [0.1, 0.15) is 58.2 Å². The number of carbonyl (C=O) groups is 3. The number of phenols is 1. The maximum Gasteiger partial charge on any atom is 0.408 e. The van der Waals surface area contributed by atoms with Gasteiger partial charge in [0.15, 0.2) is 0 Å². The van der Waals surface area contributed by atoms with Gasteiger partial charge in [-0.1, -0.05) is 6.07 Å². The first-order valence-electron chi connectivity index (χ1n) is 11.3. The number of aliphatic hydroxyl groups excluding tert-OH is 1. The Balaban J connectivity index is 3.42. The summed E-state index contributed by atoms with van der Waals surface area (Å²) < 4.78 is 5.33. The maximum atomic E-state index is 13.7. The molecule has 0 spiro atoms. The van der Waals surface area contributed by atoms with Gasteiger partial charge in [-0.3, -0.25) is 9.59 Å². The lowest BCUT2D eigenvalue weighted by atomic mass is 9.99. The Bertz CT molecular complexity index is 840. The molecular weight excluding hydrogens is 458 g/mol. The van der Waals surface area contributed by atoms with Gasteiger partial charge in [0.1, 0.15) is 23.4 Å². The van der Waals surface area contributed by atoms with Gasteiger partial charge in [-0.15, -0.1) is 0 Å². The van der Waals surface area contributed by atoms with Crippen molar-refractivity contribution in [2.75, 3.05) is 25.2 Å². The minimum Gasteiger partial charge on any atom is -0.508 e. The number of phenolic OH excluding ortho intramolecular Hbond substituents is 1. The van der Waals surface area contributed by atoms with E-state index in [4.69, 9.17) is 4.74 Å². The van der Waals surface area contributed by atoms with Crippen LogP contribution in [-0.4, -0.2) is 75.9 Å². The lowest BCUT2D eigenvalue weighted by Gasteiger charge is -2.34. The van der Waals surface area contributed by atoms with Gasteiger partial charge < -0.3 is 30.5 Å². The SMILES string of the molecule is CSCCC(NC(=O)OC(C)(C)C)C(=O)N(CCO)C(C(=O)NC(C)C)c1ccc(O)c(C)c1. The molecule has 0 fully saturated rings. The zero-order valence-corrected chi connectivity index (χ0v) is 22.0. The zero-order chi connectivity index (χ0) is 26.1. The number of aromatic hydroxyl groups is 1. The van der Waals surface area contributed by atoms with Gasteiger partial charge >= 0.3 is 6.09 Å². The van der Waals surface area contributed by atoms with Crippen molar-refractivity contribution in [2.24, 2.45) is 0 Å². The molecule has 0 aliphatic carbocycles. The van der Waals surface area contributed by atoms with E-state index in [9.17, 15) is 24.6 Å². The number of hydrogen-bond donors (Lipinski definition) is 4. The number of nitrogens with one attached hydrogen (secondary N) is 2. The Kier molecular flexibility index (Phi) is 11.7. The maximum absolute atomic E-state index is 13.7. The van der Waals surface area contributed by atoms with Crippen LogP contribution in [0.15, 0.2) is 18.2 Å². The van der Waals surface area contributed by atoms with E-state index >= 15 is 0 Å². The lowest BCUT2D eigenvalue weighted by Crippen LogP contribution is -2.54. The Hall–Kier alpha value is -2.46. The van der Waals surface area contributed by atoms with E-state index in [-0.39, 0.29) is 24.9 Å². The van der Waals surface area contributed by atoms with Crippen LogP contribution in [0.25, 0.3) is 0 Å². The first-order valence-corrected chi connectivity index (χ1v) is 12.7. The van der Waals surface area contributed by atoms with Gasteiger partial charge in [0.2, 0.25) is 11.8 Å². The summed E-state index contributed by atoms with van der Waals surface area (Å²) in [5.41, 5.74) is 0.281. The normalized spacial score (nSPS) is 13.2. The first kappa shape index (κ1) is 29.6. The second-order valence-corrected chi connectivity index (χ2v) is 10.3. The van der Waals surface area contributed by atoms with Gasteiger partial charge in [0.25, 0.3) is 0 Å². The second kappa shape index (κ2) is 13.4. The average molecular weight is 498 g/mol. The van der Waals surface area contributed by atoms with Gasteiger partial charge in [-0.25, -0.2) is 4.79 Å². The number of amides is 3. The standard InChI is InChI=1S/C24H39N3O6S/c1-15(2)25-21(30)20(17-8-9-19(29)16(3)14-17)27(11-12-28)22(31)18(10-13-34-7)26-23(32)33-24(4,5)6/h8-9,14-15,18,20,28-29H,10-13H2,1-7H3,(H,25,30)(H,26,32). The van der Waals surface area contributed by atoms with Crippen molar-refractivity contribution < 1.29 is 29.3 Å². The van der Waals surface area contributed by atoms with Crippen molar-refractivity contribution >= 4 is 29.7 Å². The van der Waals surface area contributed by atoms with E-state index in [0.29, 0.717) is 23.3 Å². The highest BCUT2D eigenvalue weighted by atomic mass is 32.2. The van der Waals surface area contributed by atoms with Crippen LogP contribution in [0.2, 0.25) is 0 Å². The molecule has 0 bridgehead atoms. The molecule has 34 heavy (non-hydrogen) atoms. The third-order valence-electron chi connectivity index (χ3n) is 4.75. The number of thioether (sulfide) groups is 1. The average Bonchev–Trinajstić information content (AvgIpc) is 2.70. The summed E-state index contributed by atoms with van der Waals surface area (Å²) in [5, 5.41) is 25.2. The van der Waals surface area contributed by atoms with Gasteiger partial charge in [-0.05, 0) is 83.2 Å². The van der Waals surface area contributed by atoms with Crippen molar-refractivity contribution in [3.63, 3.8) is 0 Å². The fourth-order valence-corrected chi connectivity index (χ4v) is 3.77. The monoisotopic (exact) mass is 497 g/mol. The van der Waals surface area contributed by atoms with Crippen LogP contribution in [0.5, 0.6) is 5.75 Å². The quantitative estimate of drug-likeness (QED) is 0.370. The summed E-state index contributed by atoms with van der Waals surface area (Å²) in [5.74, 6) is -0.289. The predicted molar refractivity (Wildman–Crippen MR) is 134 cm³/mol. The highest BCUT2D eigenvalue weighted by Crippen LogP contribution is 2.27. The fourth-order valence-electron chi connectivity index (χ4n) is 3.30. The molecule has 0 aliphatic heterocycles. The number of rotatable bonds is 11. The van der Waals surface area contributed by atoms with Gasteiger partial charge in [-0.2, -0.15) is 11.8 Å². The van der Waals surface area contributed by atoms with Crippen molar-refractivity contribution in [3.05, 3.63) is 29.3 Å². The molecule has 1 aromatic carbocycles. The molecule has 192 valence electrons. The highest BCUT2D eigenvalue weighted by molar-refractivity contribution is 7.98. The Morgan fingerprint density at radius 3 is 2.32 bits per heavy atom. The molecule has 0 saturated heterocycles. The van der Waals surface area contributed by atoms with E-state index in [1.807, 2.05) is 6.26 Å². The van der Waals surface area contributed by atoms with Crippen molar-refractivity contribution in [1.29, 1.82) is 0 Å². The molecule has 2 atom stereocenters. The minimum atomic E-state index is -1.07. The van der Waals surface area contributed by atoms with Crippen LogP contribution < -0.4 is 10.6 Å². The molecular formula is C24H39N3O6S. The Morgan fingerprint density at radius 2 is 1.82 bits per heavy atom. The third-order valence-corrected chi connectivity index (χ3v) is 5.40. The summed E-state index contributed by atoms with van der Waals surface area (Å²) in [4.78, 5) is 40.7. The van der Waals surface area contributed by atoms with Crippen LogP contribution >= 0.6 is 11.8 Å². The summed E-state index contributed by atoms with van der Waals surface area (Å²) in [6, 6.07) is 2.45. The van der Waals surface area contributed by atoms with Crippen LogP contribution in [0.4, 0.5) is 4.79 Å². The van der Waals surface area contributed by atoms with Crippen LogP contribution in [-0.2, 0) is 14.3 Å². The van der Waals surface area contributed by atoms with Gasteiger partial charge in [0, 0.05) is 12.6 Å². The molecule has 9 nitrogen and oxygen atoms in total. The number of benzene rings is 1. The topological polar surface area (TPSA) is 128 Å². The molecule has 1 aromatic rings. The van der Waals surface area contributed by atoms with E-state index in [1.54, 1.807) is 53.7 Å². The number of carbonyl (C=O) groups excluding carboxylic acids is 3. The summed E-state index contributed by atoms with van der Waals surface area (Å²) in [7, 11) is 0. The summed E-state index contributed by atoms with van der Waals surface area (Å²) >= 11 is 1.52. The molecule has 0 heterocycles. The number of aliphatic hydroxyl groups is 1. The molecule has 0 radical (unpaired) electrons. The molecule has 3 amide bonds. The first-order chi connectivity index (χ1) is 15.8.